The van der Waals surface area contributed by atoms with Gasteiger partial charge in [0.25, 0.3) is 0 Å². The molecule has 6 nitrogen and oxygen atoms in total. The molecular weight excluding hydrogens is 316 g/mol. The maximum absolute atomic E-state index is 12.6. The van der Waals surface area contributed by atoms with Crippen LogP contribution in [0.15, 0.2) is 45.9 Å². The molecule has 0 saturated carbocycles. The SMILES string of the molecule is Cc1ccc(C)c(S(=O)(=O)N(C)CC(=O)NCc2ccco2)c1. The fourth-order valence-electron chi connectivity index (χ4n) is 2.10. The summed E-state index contributed by atoms with van der Waals surface area (Å²) in [6.07, 6.45) is 1.51. The van der Waals surface area contributed by atoms with E-state index in [0.717, 1.165) is 9.87 Å². The van der Waals surface area contributed by atoms with E-state index in [4.69, 9.17) is 4.42 Å². The van der Waals surface area contributed by atoms with Gasteiger partial charge in [0.1, 0.15) is 5.76 Å². The number of sulfonamides is 1. The molecular formula is C16H20N2O4S. The zero-order valence-electron chi connectivity index (χ0n) is 13.4. The van der Waals surface area contributed by atoms with Gasteiger partial charge in [-0.1, -0.05) is 12.1 Å². The molecule has 0 spiro atoms. The minimum atomic E-state index is -3.71. The van der Waals surface area contributed by atoms with Gasteiger partial charge >= 0.3 is 0 Å². The Hall–Kier alpha value is -2.12. The van der Waals surface area contributed by atoms with Crippen LogP contribution in [-0.2, 0) is 21.4 Å². The molecule has 7 heteroatoms. The van der Waals surface area contributed by atoms with Gasteiger partial charge < -0.3 is 9.73 Å². The summed E-state index contributed by atoms with van der Waals surface area (Å²) < 4.78 is 31.4. The Kier molecular flexibility index (Phi) is 5.23. The summed E-state index contributed by atoms with van der Waals surface area (Å²) in [6.45, 7) is 3.53. The maximum Gasteiger partial charge on any atom is 0.243 e. The second-order valence-electron chi connectivity index (χ2n) is 5.39. The lowest BCUT2D eigenvalue weighted by molar-refractivity contribution is -0.121. The molecule has 1 aromatic heterocycles. The predicted molar refractivity (Wildman–Crippen MR) is 86.3 cm³/mol. The first-order valence-corrected chi connectivity index (χ1v) is 8.57. The Balaban J connectivity index is 2.05. The normalized spacial score (nSPS) is 11.7. The number of furan rings is 1. The Morgan fingerprint density at radius 3 is 2.65 bits per heavy atom. The zero-order chi connectivity index (χ0) is 17.0. The number of aryl methyl sites for hydroxylation is 2. The summed E-state index contributed by atoms with van der Waals surface area (Å²) in [4.78, 5) is 12.1. The summed E-state index contributed by atoms with van der Waals surface area (Å²) >= 11 is 0. The topological polar surface area (TPSA) is 79.6 Å². The van der Waals surface area contributed by atoms with Gasteiger partial charge in [0.15, 0.2) is 0 Å². The highest BCUT2D eigenvalue weighted by Crippen LogP contribution is 2.20. The van der Waals surface area contributed by atoms with Crippen molar-refractivity contribution in [3.05, 3.63) is 53.5 Å². The molecule has 2 rings (SSSR count). The van der Waals surface area contributed by atoms with Crippen molar-refractivity contribution in [3.8, 4) is 0 Å². The number of nitrogens with one attached hydrogen (secondary N) is 1. The summed E-state index contributed by atoms with van der Waals surface area (Å²) in [5, 5.41) is 2.63. The van der Waals surface area contributed by atoms with Crippen LogP contribution in [0.4, 0.5) is 0 Å². The van der Waals surface area contributed by atoms with Crippen LogP contribution in [0.2, 0.25) is 0 Å². The molecule has 0 aliphatic heterocycles. The molecule has 0 unspecified atom stereocenters. The van der Waals surface area contributed by atoms with E-state index in [9.17, 15) is 13.2 Å². The Morgan fingerprint density at radius 2 is 2.00 bits per heavy atom. The molecule has 1 heterocycles. The fraction of sp³-hybridized carbons (Fsp3) is 0.312. The van der Waals surface area contributed by atoms with Gasteiger partial charge in [-0.15, -0.1) is 0 Å². The summed E-state index contributed by atoms with van der Waals surface area (Å²) in [7, 11) is -2.32. The van der Waals surface area contributed by atoms with Gasteiger partial charge in [0, 0.05) is 7.05 Å². The minimum absolute atomic E-state index is 0.221. The third-order valence-corrected chi connectivity index (χ3v) is 5.38. The van der Waals surface area contributed by atoms with E-state index in [1.54, 1.807) is 31.2 Å². The van der Waals surface area contributed by atoms with Gasteiger partial charge in [-0.3, -0.25) is 4.79 Å². The summed E-state index contributed by atoms with van der Waals surface area (Å²) in [5.74, 6) is 0.219. The summed E-state index contributed by atoms with van der Waals surface area (Å²) in [6, 6.07) is 8.68. The molecule has 0 aliphatic carbocycles. The van der Waals surface area contributed by atoms with Gasteiger partial charge in [-0.05, 0) is 43.2 Å². The van der Waals surface area contributed by atoms with Crippen molar-refractivity contribution in [1.29, 1.82) is 0 Å². The van der Waals surface area contributed by atoms with Crippen molar-refractivity contribution in [2.45, 2.75) is 25.3 Å². The van der Waals surface area contributed by atoms with E-state index < -0.39 is 15.9 Å². The predicted octanol–water partition coefficient (Wildman–Crippen LogP) is 1.83. The Labute approximate surface area is 136 Å². The highest BCUT2D eigenvalue weighted by Gasteiger charge is 2.24. The number of nitrogens with zero attached hydrogens (tertiary/aromatic N) is 1. The highest BCUT2D eigenvalue weighted by atomic mass is 32.2. The fourth-order valence-corrected chi connectivity index (χ4v) is 3.53. The second kappa shape index (κ2) is 6.97. The number of rotatable bonds is 6. The van der Waals surface area contributed by atoms with Crippen molar-refractivity contribution in [3.63, 3.8) is 0 Å². The third kappa shape index (κ3) is 4.20. The van der Waals surface area contributed by atoms with E-state index in [2.05, 4.69) is 5.32 Å². The molecule has 1 amide bonds. The van der Waals surface area contributed by atoms with Crippen LogP contribution >= 0.6 is 0 Å². The van der Waals surface area contributed by atoms with Crippen molar-refractivity contribution < 1.29 is 17.6 Å². The van der Waals surface area contributed by atoms with E-state index in [1.165, 1.54) is 13.3 Å². The number of hydrogen-bond acceptors (Lipinski definition) is 4. The molecule has 23 heavy (non-hydrogen) atoms. The standard InChI is InChI=1S/C16H20N2O4S/c1-12-6-7-13(2)15(9-12)23(20,21)18(3)11-16(19)17-10-14-5-4-8-22-14/h4-9H,10-11H2,1-3H3,(H,17,19). The van der Waals surface area contributed by atoms with E-state index >= 15 is 0 Å². The average Bonchev–Trinajstić information content (AvgIpc) is 3.00. The van der Waals surface area contributed by atoms with E-state index in [-0.39, 0.29) is 18.0 Å². The monoisotopic (exact) mass is 336 g/mol. The zero-order valence-corrected chi connectivity index (χ0v) is 14.2. The molecule has 1 N–H and O–H groups in total. The number of amides is 1. The van der Waals surface area contributed by atoms with Crippen LogP contribution in [0.5, 0.6) is 0 Å². The molecule has 0 fully saturated rings. The highest BCUT2D eigenvalue weighted by molar-refractivity contribution is 7.89. The van der Waals surface area contributed by atoms with Gasteiger partial charge in [-0.25, -0.2) is 8.42 Å². The largest absolute Gasteiger partial charge is 0.467 e. The second-order valence-corrected chi connectivity index (χ2v) is 7.40. The average molecular weight is 336 g/mol. The first-order valence-electron chi connectivity index (χ1n) is 7.13. The smallest absolute Gasteiger partial charge is 0.243 e. The lowest BCUT2D eigenvalue weighted by atomic mass is 10.2. The molecule has 0 bridgehead atoms. The third-order valence-electron chi connectivity index (χ3n) is 3.44. The van der Waals surface area contributed by atoms with Crippen LogP contribution < -0.4 is 5.32 Å². The molecule has 0 atom stereocenters. The van der Waals surface area contributed by atoms with Crippen LogP contribution in [0.25, 0.3) is 0 Å². The van der Waals surface area contributed by atoms with Crippen molar-refractivity contribution >= 4 is 15.9 Å². The van der Waals surface area contributed by atoms with Gasteiger partial charge in [0.2, 0.25) is 15.9 Å². The molecule has 0 aliphatic rings. The van der Waals surface area contributed by atoms with E-state index in [0.29, 0.717) is 11.3 Å². The molecule has 2 aromatic rings. The Morgan fingerprint density at radius 1 is 1.26 bits per heavy atom. The number of benzene rings is 1. The number of carbonyl (C=O) groups is 1. The van der Waals surface area contributed by atoms with Gasteiger partial charge in [0.05, 0.1) is 24.2 Å². The molecule has 1 aromatic carbocycles. The van der Waals surface area contributed by atoms with Crippen molar-refractivity contribution in [1.82, 2.24) is 9.62 Å². The lowest BCUT2D eigenvalue weighted by Gasteiger charge is -2.18. The Bertz CT molecular complexity index is 782. The lowest BCUT2D eigenvalue weighted by Crippen LogP contribution is -2.38. The maximum atomic E-state index is 12.6. The van der Waals surface area contributed by atoms with Crippen LogP contribution in [0.3, 0.4) is 0 Å². The molecule has 124 valence electrons. The number of carbonyl (C=O) groups excluding carboxylic acids is 1. The van der Waals surface area contributed by atoms with Crippen LogP contribution in [-0.4, -0.2) is 32.2 Å². The minimum Gasteiger partial charge on any atom is -0.467 e. The quantitative estimate of drug-likeness (QED) is 0.873. The van der Waals surface area contributed by atoms with Crippen molar-refractivity contribution in [2.75, 3.05) is 13.6 Å². The number of likely N-dealkylation sites (N-methyl/N-ethyl adjacent to an activating group) is 1. The van der Waals surface area contributed by atoms with Gasteiger partial charge in [-0.2, -0.15) is 4.31 Å². The first-order chi connectivity index (χ1) is 10.8. The summed E-state index contributed by atoms with van der Waals surface area (Å²) in [5.41, 5.74) is 1.50. The van der Waals surface area contributed by atoms with E-state index in [1.807, 2.05) is 13.0 Å². The van der Waals surface area contributed by atoms with Crippen LogP contribution in [0.1, 0.15) is 16.9 Å². The first kappa shape index (κ1) is 17.2. The number of hydrogen-bond donors (Lipinski definition) is 1. The molecule has 0 radical (unpaired) electrons. The molecule has 0 saturated heterocycles. The van der Waals surface area contributed by atoms with Crippen molar-refractivity contribution in [2.24, 2.45) is 0 Å². The van der Waals surface area contributed by atoms with Crippen LogP contribution in [0, 0.1) is 13.8 Å².